The molecule has 0 aromatic heterocycles. The van der Waals surface area contributed by atoms with Crippen LogP contribution >= 0.6 is 0 Å². The number of ketones is 4. The van der Waals surface area contributed by atoms with E-state index in [4.69, 9.17) is 33.2 Å². The lowest BCUT2D eigenvalue weighted by atomic mass is 9.57. The zero-order valence-electron chi connectivity index (χ0n) is 69.2. The molecule has 0 spiro atoms. The Hall–Kier alpha value is -14.4. The number of phenolic OH excluding ortho intramolecular Hbond substituents is 2. The summed E-state index contributed by atoms with van der Waals surface area (Å²) in [6.45, 7) is -1.97. The van der Waals surface area contributed by atoms with E-state index in [9.17, 15) is 66.4 Å². The van der Waals surface area contributed by atoms with Crippen molar-refractivity contribution in [1.82, 2.24) is 0 Å². The minimum absolute atomic E-state index is 0.236. The molecule has 1 fully saturated rings. The predicted octanol–water partition coefficient (Wildman–Crippen LogP) is 11.5. The first-order valence-corrected chi connectivity index (χ1v) is 41.0. The molecule has 14 aromatic rings. The van der Waals surface area contributed by atoms with Gasteiger partial charge in [0.25, 0.3) is 0 Å². The van der Waals surface area contributed by atoms with Crippen LogP contribution in [0.2, 0.25) is 0 Å². The van der Waals surface area contributed by atoms with Crippen LogP contribution in [0, 0.1) is 0 Å². The maximum absolute atomic E-state index is 17.9. The molecule has 14 aromatic carbocycles. The van der Waals surface area contributed by atoms with Crippen LogP contribution in [0.15, 0.2) is 352 Å². The van der Waals surface area contributed by atoms with E-state index in [-0.39, 0.29) is 51.1 Å². The molecule has 1 saturated heterocycles. The van der Waals surface area contributed by atoms with E-state index in [1.54, 1.807) is 182 Å². The van der Waals surface area contributed by atoms with Crippen LogP contribution in [-0.4, -0.2) is 129 Å². The molecule has 0 amide bonds. The molecule has 0 aliphatic carbocycles. The molecule has 0 saturated carbocycles. The average molecular weight is 1750 g/mol. The van der Waals surface area contributed by atoms with E-state index in [2.05, 4.69) is 0 Å². The van der Waals surface area contributed by atoms with Crippen molar-refractivity contribution in [2.75, 3.05) is 0 Å². The van der Waals surface area contributed by atoms with E-state index >= 15 is 29.4 Å². The van der Waals surface area contributed by atoms with Gasteiger partial charge in [-0.15, -0.1) is 0 Å². The van der Waals surface area contributed by atoms with Gasteiger partial charge >= 0.3 is 0 Å². The summed E-state index contributed by atoms with van der Waals surface area (Å²) in [5.41, 5.74) is -23.2. The lowest BCUT2D eigenvalue weighted by Crippen LogP contribution is -2.87. The molecule has 660 valence electrons. The van der Waals surface area contributed by atoms with Crippen LogP contribution in [0.4, 0.5) is 0 Å². The number of phenols is 2. The molecule has 15 rings (SSSR count). The van der Waals surface area contributed by atoms with E-state index in [0.29, 0.717) is 57.6 Å². The number of aromatic hydroxyl groups is 2. The Balaban J connectivity index is 1.03. The smallest absolute Gasteiger partial charge is 0.221 e. The number of Topliss-reactive ketones (excluding diaryl/α,β-unsaturated/α-hetero) is 4. The molecule has 0 radical (unpaired) electrons. The summed E-state index contributed by atoms with van der Waals surface area (Å²) in [7, 11) is 0. The third kappa shape index (κ3) is 17.9. The molecule has 1 unspecified atom stereocenters. The summed E-state index contributed by atoms with van der Waals surface area (Å²) in [6.07, 6.45) is -10.8. The second kappa shape index (κ2) is 37.9. The second-order valence-corrected chi connectivity index (χ2v) is 31.2. The first kappa shape index (κ1) is 90.4. The topological polar surface area (TPSA) is 436 Å². The van der Waals surface area contributed by atoms with Crippen molar-refractivity contribution in [2.24, 2.45) is 0 Å². The fourth-order valence-corrected chi connectivity index (χ4v) is 15.8. The van der Waals surface area contributed by atoms with E-state index in [1.807, 2.05) is 0 Å². The number of carbonyl (C=O) groups is 4. The largest absolute Gasteiger partial charge is 0.507 e. The summed E-state index contributed by atoms with van der Waals surface area (Å²) in [4.78, 5) is 69.7. The first-order chi connectivity index (χ1) is 62.5. The van der Waals surface area contributed by atoms with Crippen molar-refractivity contribution in [2.45, 2.75) is 98.1 Å². The van der Waals surface area contributed by atoms with Gasteiger partial charge in [-0.3, -0.25) is 19.2 Å². The number of ether oxygens (including phenoxy) is 7. The Kier molecular flexibility index (Phi) is 26.3. The van der Waals surface area contributed by atoms with E-state index in [0.717, 1.165) is 60.7 Å². The highest BCUT2D eigenvalue weighted by Crippen LogP contribution is 2.55. The SMILES string of the molecule is O=C(C(O)c1cc(O)c(C(O)(O)c2ccccc2)c(C(O)(O)c2ccccc2)c1)[C@H]1O[C@H](O)[C@@](O)(C(=O)c2cc(OCc3ccccc3)c(OCc3ccccc3)c(OCc3ccccc3)c2)[C@](O)(C(=O)c2cc(OCc3ccccc3)c(OCc3ccccc3)c(OCc3ccccc3)c2)[C@@]1(O)C(=O)c1cc(O)c(C(O)(O)c2ccccc2)c(C(O)(O)c2ccccc2)c1. The molecule has 130 heavy (non-hydrogen) atoms. The number of benzene rings is 14. The molecule has 26 nitrogen and oxygen atoms in total. The quantitative estimate of drug-likeness (QED) is 0.0130. The van der Waals surface area contributed by atoms with Crippen molar-refractivity contribution >= 4 is 23.1 Å². The molecule has 1 heterocycles. The predicted molar refractivity (Wildman–Crippen MR) is 469 cm³/mol. The summed E-state index contributed by atoms with van der Waals surface area (Å²) >= 11 is 0. The Morgan fingerprint density at radius 2 is 0.569 bits per heavy atom. The van der Waals surface area contributed by atoms with Gasteiger partial charge in [0.2, 0.25) is 68.8 Å². The molecular weight excluding hydrogens is 1670 g/mol. The van der Waals surface area contributed by atoms with E-state index < -0.39 is 183 Å². The fraction of sp³-hybridized carbons (Fsp3) is 0.154. The number of hydrogen-bond acceptors (Lipinski definition) is 26. The number of aliphatic hydroxyl groups excluding tert-OH is 2. The third-order valence-corrected chi connectivity index (χ3v) is 22.6. The van der Waals surface area contributed by atoms with Gasteiger partial charge < -0.3 is 110 Å². The maximum Gasteiger partial charge on any atom is 0.221 e. The van der Waals surface area contributed by atoms with Gasteiger partial charge in [0, 0.05) is 50.1 Å². The zero-order chi connectivity index (χ0) is 91.8. The molecule has 1 aliphatic rings. The van der Waals surface area contributed by atoms with Crippen molar-refractivity contribution in [3.05, 3.63) is 452 Å². The third-order valence-electron chi connectivity index (χ3n) is 22.6. The van der Waals surface area contributed by atoms with Crippen LogP contribution in [0.3, 0.4) is 0 Å². The molecule has 15 N–H and O–H groups in total. The summed E-state index contributed by atoms with van der Waals surface area (Å²) in [6, 6.07) is 82.1. The monoisotopic (exact) mass is 1750 g/mol. The Morgan fingerprint density at radius 1 is 0.315 bits per heavy atom. The lowest BCUT2D eigenvalue weighted by molar-refractivity contribution is -0.338. The number of aliphatic hydroxyl groups is 13. The van der Waals surface area contributed by atoms with Crippen molar-refractivity contribution in [3.8, 4) is 46.0 Å². The van der Waals surface area contributed by atoms with E-state index in [1.165, 1.54) is 84.9 Å². The second-order valence-electron chi connectivity index (χ2n) is 31.2. The Morgan fingerprint density at radius 3 is 0.885 bits per heavy atom. The minimum atomic E-state index is -5.17. The van der Waals surface area contributed by atoms with Gasteiger partial charge in [-0.2, -0.15) is 0 Å². The first-order valence-electron chi connectivity index (χ1n) is 41.0. The normalized spacial score (nSPS) is 17.2. The van der Waals surface area contributed by atoms with Gasteiger partial charge in [0.05, 0.1) is 11.1 Å². The highest BCUT2D eigenvalue weighted by atomic mass is 16.7. The van der Waals surface area contributed by atoms with Crippen LogP contribution in [0.1, 0.15) is 121 Å². The van der Waals surface area contributed by atoms with Gasteiger partial charge in [0.1, 0.15) is 57.2 Å². The molecule has 1 aliphatic heterocycles. The molecular formula is C104H88O26. The molecule has 6 atom stereocenters. The lowest BCUT2D eigenvalue weighted by Gasteiger charge is -2.56. The highest BCUT2D eigenvalue weighted by molar-refractivity contribution is 6.20. The van der Waals surface area contributed by atoms with Crippen LogP contribution in [0.5, 0.6) is 46.0 Å². The van der Waals surface area contributed by atoms with Crippen LogP contribution < -0.4 is 28.4 Å². The summed E-state index contributed by atoms with van der Waals surface area (Å²) < 4.78 is 45.6. The fourth-order valence-electron chi connectivity index (χ4n) is 15.8. The van der Waals surface area contributed by atoms with Crippen LogP contribution in [-0.2, 0) is 72.3 Å². The standard InChI is InChI=1S/C104H88O26/c105-81-53-71(51-79(100(115,116)75-43-23-7-24-44-75)87(81)102(119,120)77-47-27-9-28-48-77)89(107)90(108)96-98(113,93(109)72-52-80(101(117,118)76-45-25-8-26-46-76)88(82(106)54-72)103(121,122)78-49-29-10-30-50-78)104(123,95(111)74-57-85(126-61-67-35-15-3-16-36-67)92(129-64-70-41-21-6-22-42-70)86(58-74)127-62-68-37-17-4-18-38-68)99(114,97(112)130-96)94(110)73-55-83(124-59-65-31-11-1-12-32-65)91(128-63-69-39-19-5-20-40-69)84(56-73)125-60-66-33-13-2-14-34-66/h1-58,89,96-97,105-107,112-123H,59-64H2/t89?,96-,97+,98-,99+,104+/m1/s1. The van der Waals surface area contributed by atoms with Gasteiger partial charge in [-0.25, -0.2) is 0 Å². The van der Waals surface area contributed by atoms with Gasteiger partial charge in [0.15, 0.2) is 41.2 Å². The summed E-state index contributed by atoms with van der Waals surface area (Å²) in [5.74, 6) is -28.5. The Labute approximate surface area is 744 Å². The highest BCUT2D eigenvalue weighted by Gasteiger charge is 2.82. The molecule has 0 bridgehead atoms. The van der Waals surface area contributed by atoms with Gasteiger partial charge in [-0.1, -0.05) is 303 Å². The zero-order valence-corrected chi connectivity index (χ0v) is 69.2. The van der Waals surface area contributed by atoms with Crippen molar-refractivity contribution in [1.29, 1.82) is 0 Å². The average Bonchev–Trinajstić information content (AvgIpc) is 0.670. The molecule has 26 heteroatoms. The van der Waals surface area contributed by atoms with Crippen molar-refractivity contribution < 1.29 is 129 Å². The van der Waals surface area contributed by atoms with Crippen LogP contribution in [0.25, 0.3) is 0 Å². The van der Waals surface area contributed by atoms with Gasteiger partial charge in [-0.05, 0) is 87.5 Å². The number of rotatable bonds is 35. The minimum Gasteiger partial charge on any atom is -0.507 e. The number of hydrogen-bond donors (Lipinski definition) is 15. The Bertz CT molecular complexity index is 6210. The maximum atomic E-state index is 17.9. The van der Waals surface area contributed by atoms with Crippen molar-refractivity contribution in [3.63, 3.8) is 0 Å². The summed E-state index contributed by atoms with van der Waals surface area (Å²) in [5, 5.41) is 197. The number of carbonyl (C=O) groups excluding carboxylic acids is 4.